The van der Waals surface area contributed by atoms with Crippen molar-refractivity contribution in [3.63, 3.8) is 0 Å². The molecule has 2 aromatic heterocycles. The van der Waals surface area contributed by atoms with Crippen LogP contribution in [0.5, 0.6) is 0 Å². The molecular weight excluding hydrogens is 482 g/mol. The summed E-state index contributed by atoms with van der Waals surface area (Å²) in [5.41, 5.74) is 5.83. The van der Waals surface area contributed by atoms with Gasteiger partial charge in [0.05, 0.1) is 14.4 Å². The van der Waals surface area contributed by atoms with Gasteiger partial charge in [0.1, 0.15) is 0 Å². The summed E-state index contributed by atoms with van der Waals surface area (Å²) in [5.74, 6) is 0.876. The van der Waals surface area contributed by atoms with E-state index in [0.717, 1.165) is 53.6 Å². The number of H-pyrrole nitrogens is 1. The zero-order chi connectivity index (χ0) is 21.9. The second kappa shape index (κ2) is 9.48. The normalized spacial score (nSPS) is 14.6. The molecule has 0 atom stereocenters. The highest BCUT2D eigenvalue weighted by Gasteiger charge is 2.18. The third-order valence-corrected chi connectivity index (χ3v) is 7.55. The van der Waals surface area contributed by atoms with Gasteiger partial charge in [-0.3, -0.25) is 5.10 Å². The van der Waals surface area contributed by atoms with Gasteiger partial charge in [-0.15, -0.1) is 11.3 Å². The number of piperazine rings is 1. The highest BCUT2D eigenvalue weighted by molar-refractivity contribution is 9.11. The number of thiophene rings is 1. The first-order valence-electron chi connectivity index (χ1n) is 10.8. The minimum atomic E-state index is 0.809. The summed E-state index contributed by atoms with van der Waals surface area (Å²) in [7, 11) is 2.18. The molecule has 0 radical (unpaired) electrons. The number of rotatable bonds is 6. The van der Waals surface area contributed by atoms with Gasteiger partial charge in [0, 0.05) is 49.5 Å². The van der Waals surface area contributed by atoms with Gasteiger partial charge in [-0.05, 0) is 64.9 Å². The number of hydrogen-bond acceptors (Lipinski definition) is 5. The van der Waals surface area contributed by atoms with Crippen molar-refractivity contribution >= 4 is 44.5 Å². The van der Waals surface area contributed by atoms with Gasteiger partial charge < -0.3 is 15.1 Å². The maximum atomic E-state index is 4.65. The molecule has 32 heavy (non-hydrogen) atoms. The van der Waals surface area contributed by atoms with Crippen LogP contribution in [0, 0.1) is 0 Å². The molecule has 5 nitrogen and oxygen atoms in total. The van der Waals surface area contributed by atoms with Gasteiger partial charge >= 0.3 is 0 Å². The molecule has 164 valence electrons. The van der Waals surface area contributed by atoms with Crippen molar-refractivity contribution in [2.45, 2.75) is 6.42 Å². The van der Waals surface area contributed by atoms with Gasteiger partial charge in [-0.25, -0.2) is 0 Å². The third kappa shape index (κ3) is 4.75. The first-order chi connectivity index (χ1) is 15.7. The molecule has 2 aromatic carbocycles. The molecule has 1 fully saturated rings. The Labute approximate surface area is 201 Å². The van der Waals surface area contributed by atoms with Crippen LogP contribution in [0.3, 0.4) is 0 Å². The van der Waals surface area contributed by atoms with E-state index >= 15 is 0 Å². The molecule has 1 aliphatic heterocycles. The van der Waals surface area contributed by atoms with Crippen LogP contribution >= 0.6 is 27.3 Å². The fourth-order valence-corrected chi connectivity index (χ4v) is 5.46. The van der Waals surface area contributed by atoms with Crippen LogP contribution in [0.1, 0.15) is 11.1 Å². The van der Waals surface area contributed by atoms with Crippen molar-refractivity contribution in [2.24, 2.45) is 0 Å². The fraction of sp³-hybridized carbons (Fsp3) is 0.240. The third-order valence-electron chi connectivity index (χ3n) is 5.91. The number of anilines is 3. The second-order valence-electron chi connectivity index (χ2n) is 8.15. The number of likely N-dealkylation sites (N-methyl/N-ethyl adjacent to an activating group) is 1. The Bertz CT molecular complexity index is 1160. The summed E-state index contributed by atoms with van der Waals surface area (Å²) in [6.07, 6.45) is 0.809. The Morgan fingerprint density at radius 3 is 2.41 bits per heavy atom. The lowest BCUT2D eigenvalue weighted by molar-refractivity contribution is 0.313. The van der Waals surface area contributed by atoms with Crippen molar-refractivity contribution in [1.29, 1.82) is 0 Å². The van der Waals surface area contributed by atoms with E-state index in [9.17, 15) is 0 Å². The largest absolute Gasteiger partial charge is 0.369 e. The van der Waals surface area contributed by atoms with E-state index in [0.29, 0.717) is 0 Å². The zero-order valence-corrected chi connectivity index (χ0v) is 20.4. The number of nitrogens with zero attached hydrogens (tertiary/aromatic N) is 3. The lowest BCUT2D eigenvalue weighted by Crippen LogP contribution is -2.44. The average molecular weight is 508 g/mol. The highest BCUT2D eigenvalue weighted by atomic mass is 79.9. The Balaban J connectivity index is 1.40. The first kappa shape index (κ1) is 21.2. The van der Waals surface area contributed by atoms with E-state index < -0.39 is 0 Å². The van der Waals surface area contributed by atoms with Crippen molar-refractivity contribution in [3.8, 4) is 10.6 Å². The number of aromatic amines is 1. The smallest absolute Gasteiger partial charge is 0.156 e. The molecule has 7 heteroatoms. The maximum absolute atomic E-state index is 4.65. The molecule has 5 rings (SSSR count). The van der Waals surface area contributed by atoms with E-state index in [-0.39, 0.29) is 0 Å². The number of halogens is 1. The van der Waals surface area contributed by atoms with Gasteiger partial charge in [-0.1, -0.05) is 30.3 Å². The predicted molar refractivity (Wildman–Crippen MR) is 138 cm³/mol. The molecule has 0 spiro atoms. The Hall–Kier alpha value is -2.61. The molecule has 4 aromatic rings. The Morgan fingerprint density at radius 2 is 1.72 bits per heavy atom. The summed E-state index contributed by atoms with van der Waals surface area (Å²) in [6, 6.07) is 23.5. The van der Waals surface area contributed by atoms with E-state index in [4.69, 9.17) is 0 Å². The molecule has 0 saturated carbocycles. The molecule has 1 saturated heterocycles. The maximum Gasteiger partial charge on any atom is 0.156 e. The molecule has 0 aliphatic carbocycles. The standard InChI is InChI=1S/C25H26BrN5S/c1-30-13-15-31(16-14-30)20-9-7-19(8-10-20)27-25-21(17-18-5-3-2-4-6-18)24(28-29-25)22-11-12-23(26)32-22/h2-12H,13-17H2,1H3,(H2,27,28,29). The summed E-state index contributed by atoms with van der Waals surface area (Å²) in [5, 5.41) is 11.5. The van der Waals surface area contributed by atoms with Crippen molar-refractivity contribution < 1.29 is 0 Å². The number of hydrogen-bond donors (Lipinski definition) is 2. The summed E-state index contributed by atoms with van der Waals surface area (Å²) in [6.45, 7) is 4.36. The Morgan fingerprint density at radius 1 is 0.969 bits per heavy atom. The van der Waals surface area contributed by atoms with Crippen molar-refractivity contribution in [1.82, 2.24) is 15.1 Å². The van der Waals surface area contributed by atoms with Crippen LogP contribution in [0.2, 0.25) is 0 Å². The van der Waals surface area contributed by atoms with Crippen molar-refractivity contribution in [2.75, 3.05) is 43.4 Å². The lowest BCUT2D eigenvalue weighted by Gasteiger charge is -2.34. The minimum absolute atomic E-state index is 0.809. The highest BCUT2D eigenvalue weighted by Crippen LogP contribution is 2.36. The molecular formula is C25H26BrN5S. The van der Waals surface area contributed by atoms with Crippen LogP contribution in [0.25, 0.3) is 10.6 Å². The van der Waals surface area contributed by atoms with Gasteiger partial charge in [0.2, 0.25) is 0 Å². The minimum Gasteiger partial charge on any atom is -0.369 e. The molecule has 1 aliphatic rings. The van der Waals surface area contributed by atoms with Crippen molar-refractivity contribution in [3.05, 3.63) is 81.6 Å². The summed E-state index contributed by atoms with van der Waals surface area (Å²) < 4.78 is 1.11. The van der Waals surface area contributed by atoms with Gasteiger partial charge in [0.25, 0.3) is 0 Å². The van der Waals surface area contributed by atoms with Crippen LogP contribution in [-0.4, -0.2) is 48.3 Å². The molecule has 3 heterocycles. The van der Waals surface area contributed by atoms with Crippen LogP contribution in [-0.2, 0) is 6.42 Å². The number of benzene rings is 2. The number of nitrogens with one attached hydrogen (secondary N) is 2. The second-order valence-corrected chi connectivity index (χ2v) is 10.6. The van der Waals surface area contributed by atoms with E-state index in [1.54, 1.807) is 11.3 Å². The van der Waals surface area contributed by atoms with E-state index in [2.05, 4.69) is 115 Å². The van der Waals surface area contributed by atoms with Crippen LogP contribution in [0.4, 0.5) is 17.2 Å². The molecule has 0 bridgehead atoms. The first-order valence-corrected chi connectivity index (χ1v) is 12.4. The topological polar surface area (TPSA) is 47.2 Å². The van der Waals surface area contributed by atoms with E-state index in [1.807, 2.05) is 0 Å². The summed E-state index contributed by atoms with van der Waals surface area (Å²) >= 11 is 5.30. The lowest BCUT2D eigenvalue weighted by atomic mass is 10.0. The molecule has 0 amide bonds. The predicted octanol–water partition coefficient (Wildman–Crippen LogP) is 5.99. The zero-order valence-electron chi connectivity index (χ0n) is 18.0. The van der Waals surface area contributed by atoms with Gasteiger partial charge in [-0.2, -0.15) is 5.10 Å². The average Bonchev–Trinajstić information content (AvgIpc) is 3.42. The van der Waals surface area contributed by atoms with Crippen LogP contribution < -0.4 is 10.2 Å². The monoisotopic (exact) mass is 507 g/mol. The van der Waals surface area contributed by atoms with E-state index in [1.165, 1.54) is 21.7 Å². The summed E-state index contributed by atoms with van der Waals surface area (Å²) in [4.78, 5) is 6.00. The van der Waals surface area contributed by atoms with Gasteiger partial charge in [0.15, 0.2) is 5.82 Å². The van der Waals surface area contributed by atoms with Crippen LogP contribution in [0.15, 0.2) is 70.5 Å². The molecule has 0 unspecified atom stereocenters. The number of aromatic nitrogens is 2. The SMILES string of the molecule is CN1CCN(c2ccc(Nc3n[nH]c(-c4ccc(Br)s4)c3Cc3ccccc3)cc2)CC1. The quantitative estimate of drug-likeness (QED) is 0.336. The molecule has 2 N–H and O–H groups in total. The fourth-order valence-electron chi connectivity index (χ4n) is 4.05. The Kier molecular flexibility index (Phi) is 6.30.